The van der Waals surface area contributed by atoms with Crippen molar-refractivity contribution in [2.45, 2.75) is 45.1 Å². The lowest BCUT2D eigenvalue weighted by Gasteiger charge is -2.23. The minimum absolute atomic E-state index is 0.304. The molecule has 0 atom stereocenters. The van der Waals surface area contributed by atoms with Crippen LogP contribution in [0.25, 0.3) is 0 Å². The number of rotatable bonds is 3. The molecule has 0 heterocycles. The highest BCUT2D eigenvalue weighted by molar-refractivity contribution is 5.89. The van der Waals surface area contributed by atoms with Crippen LogP contribution < -0.4 is 4.74 Å². The summed E-state index contributed by atoms with van der Waals surface area (Å²) >= 11 is 0. The number of carboxylic acid groups (broad SMARTS) is 1. The highest BCUT2D eigenvalue weighted by atomic mass is 16.5. The molecule has 0 saturated heterocycles. The van der Waals surface area contributed by atoms with E-state index in [4.69, 9.17) is 9.84 Å². The summed E-state index contributed by atoms with van der Waals surface area (Å²) in [6, 6.07) is 5.19. The summed E-state index contributed by atoms with van der Waals surface area (Å²) in [6.45, 7) is 1.80. The summed E-state index contributed by atoms with van der Waals surface area (Å²) in [4.78, 5) is 10.9. The Balaban J connectivity index is 2.06. The van der Waals surface area contributed by atoms with E-state index in [9.17, 15) is 4.79 Å². The predicted octanol–water partition coefficient (Wildman–Crippen LogP) is 3.40. The van der Waals surface area contributed by atoms with Gasteiger partial charge in [0.2, 0.25) is 0 Å². The molecular formula is C14H18O3. The van der Waals surface area contributed by atoms with Gasteiger partial charge in [0.05, 0.1) is 11.7 Å². The Morgan fingerprint density at radius 3 is 2.59 bits per heavy atom. The number of benzene rings is 1. The maximum absolute atomic E-state index is 10.9. The Bertz CT molecular complexity index is 406. The fourth-order valence-electron chi connectivity index (χ4n) is 2.32. The summed E-state index contributed by atoms with van der Waals surface area (Å²) < 4.78 is 5.88. The van der Waals surface area contributed by atoms with Crippen molar-refractivity contribution in [2.24, 2.45) is 0 Å². The largest absolute Gasteiger partial charge is 0.490 e. The van der Waals surface area contributed by atoms with Crippen molar-refractivity contribution in [1.29, 1.82) is 0 Å². The van der Waals surface area contributed by atoms with Gasteiger partial charge in [-0.25, -0.2) is 4.79 Å². The molecule has 1 fully saturated rings. The van der Waals surface area contributed by atoms with Crippen LogP contribution in [0.15, 0.2) is 18.2 Å². The zero-order valence-corrected chi connectivity index (χ0v) is 10.1. The molecular weight excluding hydrogens is 216 g/mol. The predicted molar refractivity (Wildman–Crippen MR) is 65.6 cm³/mol. The van der Waals surface area contributed by atoms with Crippen molar-refractivity contribution in [3.63, 3.8) is 0 Å². The summed E-state index contributed by atoms with van der Waals surface area (Å²) in [7, 11) is 0. The highest BCUT2D eigenvalue weighted by Gasteiger charge is 2.15. The first-order valence-corrected chi connectivity index (χ1v) is 6.17. The second-order valence-corrected chi connectivity index (χ2v) is 4.66. The Labute approximate surface area is 101 Å². The zero-order valence-electron chi connectivity index (χ0n) is 10.1. The minimum Gasteiger partial charge on any atom is -0.490 e. The maximum atomic E-state index is 10.9. The van der Waals surface area contributed by atoms with Crippen molar-refractivity contribution in [1.82, 2.24) is 0 Å². The summed E-state index contributed by atoms with van der Waals surface area (Å²) in [5.41, 5.74) is 1.10. The number of ether oxygens (including phenoxy) is 1. The van der Waals surface area contributed by atoms with Gasteiger partial charge >= 0.3 is 5.97 Å². The van der Waals surface area contributed by atoms with Crippen LogP contribution in [0.3, 0.4) is 0 Å². The molecule has 92 valence electrons. The molecule has 1 N–H and O–H groups in total. The van der Waals surface area contributed by atoms with E-state index in [1.54, 1.807) is 19.1 Å². The third-order valence-corrected chi connectivity index (χ3v) is 3.28. The number of carbonyl (C=O) groups is 1. The van der Waals surface area contributed by atoms with E-state index in [1.165, 1.54) is 19.3 Å². The minimum atomic E-state index is -0.883. The van der Waals surface area contributed by atoms with Gasteiger partial charge < -0.3 is 9.84 Å². The molecule has 3 nitrogen and oxygen atoms in total. The molecule has 17 heavy (non-hydrogen) atoms. The van der Waals surface area contributed by atoms with Crippen molar-refractivity contribution in [3.8, 4) is 5.75 Å². The normalized spacial score (nSPS) is 16.8. The van der Waals surface area contributed by atoms with Crippen LogP contribution in [0, 0.1) is 6.92 Å². The fraction of sp³-hybridized carbons (Fsp3) is 0.500. The first-order valence-electron chi connectivity index (χ1n) is 6.17. The average molecular weight is 234 g/mol. The van der Waals surface area contributed by atoms with Gasteiger partial charge in [-0.3, -0.25) is 0 Å². The van der Waals surface area contributed by atoms with Crippen molar-refractivity contribution >= 4 is 5.97 Å². The van der Waals surface area contributed by atoms with Crippen LogP contribution in [-0.2, 0) is 0 Å². The number of carboxylic acids is 1. The molecule has 1 aromatic rings. The van der Waals surface area contributed by atoms with E-state index >= 15 is 0 Å². The van der Waals surface area contributed by atoms with Gasteiger partial charge in [-0.1, -0.05) is 6.42 Å². The van der Waals surface area contributed by atoms with Crippen molar-refractivity contribution in [3.05, 3.63) is 29.3 Å². The third-order valence-electron chi connectivity index (χ3n) is 3.28. The lowest BCUT2D eigenvalue weighted by atomic mass is 9.98. The van der Waals surface area contributed by atoms with Crippen molar-refractivity contribution < 1.29 is 14.6 Å². The summed E-state index contributed by atoms with van der Waals surface area (Å²) in [6.07, 6.45) is 6.29. The molecule has 0 radical (unpaired) electrons. The molecule has 1 aliphatic carbocycles. The average Bonchev–Trinajstić information content (AvgIpc) is 2.30. The number of aryl methyl sites for hydroxylation is 1. The van der Waals surface area contributed by atoms with Gasteiger partial charge in [0, 0.05) is 0 Å². The Morgan fingerprint density at radius 1 is 1.29 bits per heavy atom. The van der Waals surface area contributed by atoms with E-state index in [0.29, 0.717) is 11.7 Å². The molecule has 0 aliphatic heterocycles. The number of hydrogen-bond donors (Lipinski definition) is 1. The molecule has 0 amide bonds. The molecule has 0 unspecified atom stereocenters. The van der Waals surface area contributed by atoms with E-state index in [1.807, 2.05) is 6.07 Å². The number of aromatic carboxylic acids is 1. The molecule has 1 aliphatic rings. The van der Waals surface area contributed by atoms with Crippen LogP contribution in [0.2, 0.25) is 0 Å². The third kappa shape index (κ3) is 2.99. The Morgan fingerprint density at radius 2 is 2.00 bits per heavy atom. The second-order valence-electron chi connectivity index (χ2n) is 4.66. The highest BCUT2D eigenvalue weighted by Crippen LogP contribution is 2.24. The van der Waals surface area contributed by atoms with E-state index in [2.05, 4.69) is 0 Å². The fourth-order valence-corrected chi connectivity index (χ4v) is 2.32. The molecule has 3 heteroatoms. The monoisotopic (exact) mass is 234 g/mol. The second kappa shape index (κ2) is 5.21. The smallest absolute Gasteiger partial charge is 0.335 e. The Kier molecular flexibility index (Phi) is 3.67. The first-order chi connectivity index (χ1) is 8.16. The number of hydrogen-bond acceptors (Lipinski definition) is 2. The molecule has 1 aromatic carbocycles. The molecule has 0 bridgehead atoms. The van der Waals surface area contributed by atoms with Gasteiger partial charge in [-0.15, -0.1) is 0 Å². The first kappa shape index (κ1) is 12.0. The lowest BCUT2D eigenvalue weighted by Crippen LogP contribution is -2.19. The zero-order chi connectivity index (χ0) is 12.3. The van der Waals surface area contributed by atoms with Gasteiger partial charge in [0.15, 0.2) is 0 Å². The molecule has 0 spiro atoms. The topological polar surface area (TPSA) is 46.5 Å². The van der Waals surface area contributed by atoms with E-state index < -0.39 is 5.97 Å². The maximum Gasteiger partial charge on any atom is 0.335 e. The SMILES string of the molecule is Cc1cc(OC2CCCCC2)ccc1C(=O)O. The molecule has 2 rings (SSSR count). The van der Waals surface area contributed by atoms with Crippen LogP contribution in [0.5, 0.6) is 5.75 Å². The van der Waals surface area contributed by atoms with E-state index in [-0.39, 0.29) is 0 Å². The van der Waals surface area contributed by atoms with Crippen LogP contribution in [0.4, 0.5) is 0 Å². The lowest BCUT2D eigenvalue weighted by molar-refractivity contribution is 0.0696. The quantitative estimate of drug-likeness (QED) is 0.871. The van der Waals surface area contributed by atoms with Crippen molar-refractivity contribution in [2.75, 3.05) is 0 Å². The summed E-state index contributed by atoms with van der Waals surface area (Å²) in [5.74, 6) is -0.0916. The molecule has 0 aromatic heterocycles. The van der Waals surface area contributed by atoms with Gasteiger partial charge in [-0.2, -0.15) is 0 Å². The van der Waals surface area contributed by atoms with Crippen LogP contribution in [0.1, 0.15) is 48.0 Å². The van der Waals surface area contributed by atoms with Gasteiger partial charge in [-0.05, 0) is 56.4 Å². The Hall–Kier alpha value is -1.51. The van der Waals surface area contributed by atoms with Gasteiger partial charge in [0.25, 0.3) is 0 Å². The standard InChI is InChI=1S/C14H18O3/c1-10-9-12(7-8-13(10)14(15)16)17-11-5-3-2-4-6-11/h7-9,11H,2-6H2,1H3,(H,15,16). The van der Waals surface area contributed by atoms with E-state index in [0.717, 1.165) is 24.2 Å². The summed E-state index contributed by atoms with van der Waals surface area (Å²) in [5, 5.41) is 8.94. The van der Waals surface area contributed by atoms with Gasteiger partial charge in [0.1, 0.15) is 5.75 Å². The van der Waals surface area contributed by atoms with Crippen LogP contribution in [-0.4, -0.2) is 17.2 Å². The molecule has 1 saturated carbocycles. The van der Waals surface area contributed by atoms with Crippen LogP contribution >= 0.6 is 0 Å².